The molecule has 1 saturated heterocycles. The van der Waals surface area contributed by atoms with E-state index in [1.807, 2.05) is 4.68 Å². The zero-order valence-corrected chi connectivity index (χ0v) is 26.7. The summed E-state index contributed by atoms with van der Waals surface area (Å²) in [6.45, 7) is 2.93. The molecule has 5 aromatic heterocycles. The zero-order valence-electron chi connectivity index (χ0n) is 25.1. The van der Waals surface area contributed by atoms with E-state index < -0.39 is 5.41 Å². The number of nitrogens with zero attached hydrogens (tertiary/aromatic N) is 9. The summed E-state index contributed by atoms with van der Waals surface area (Å²) in [6, 6.07) is 2.77. The highest BCUT2D eigenvalue weighted by Crippen LogP contribution is 2.55. The first-order chi connectivity index (χ1) is 21.8. The maximum atomic E-state index is 10.1. The number of aliphatic hydroxyl groups is 1. The minimum absolute atomic E-state index is 0.0587. The topological polar surface area (TPSA) is 161 Å². The molecule has 0 aromatic carbocycles. The molecule has 3 N–H and O–H groups in total. The number of nitrogens with two attached hydrogens (primary N) is 1. The summed E-state index contributed by atoms with van der Waals surface area (Å²) in [7, 11) is 2.15. The molecule has 3 atom stereocenters. The molecule has 45 heavy (non-hydrogen) atoms. The third kappa shape index (κ3) is 4.19. The SMILES string of the molecule is CC(C1CCCN1C)n1ncc2c(-n3cc(Cl)c(CO)n3)nc(-c3noc4c3CCCC43CCCc4sc(N)c(C#N)c43)nc21. The number of hydrogen-bond donors (Lipinski definition) is 2. The summed E-state index contributed by atoms with van der Waals surface area (Å²) in [5.41, 5.74) is 10.1. The van der Waals surface area contributed by atoms with E-state index in [0.29, 0.717) is 55.7 Å². The van der Waals surface area contributed by atoms with Crippen molar-refractivity contribution in [1.29, 1.82) is 5.26 Å². The molecular weight excluding hydrogens is 612 g/mol. The van der Waals surface area contributed by atoms with Gasteiger partial charge in [0, 0.05) is 16.5 Å². The zero-order chi connectivity index (χ0) is 31.0. The Morgan fingerprint density at radius 2 is 2.09 bits per heavy atom. The van der Waals surface area contributed by atoms with Crippen LogP contribution in [0.3, 0.4) is 0 Å². The van der Waals surface area contributed by atoms with Crippen LogP contribution >= 0.6 is 22.9 Å². The maximum Gasteiger partial charge on any atom is 0.186 e. The van der Waals surface area contributed by atoms with Gasteiger partial charge in [0.2, 0.25) is 0 Å². The Labute approximate surface area is 268 Å². The fraction of sp³-hybridized carbons (Fsp3) is 0.484. The van der Waals surface area contributed by atoms with E-state index in [1.165, 1.54) is 16.2 Å². The molecule has 0 bridgehead atoms. The smallest absolute Gasteiger partial charge is 0.186 e. The number of hydrogen-bond acceptors (Lipinski definition) is 11. The lowest BCUT2D eigenvalue weighted by atomic mass is 9.63. The molecule has 3 aliphatic rings. The van der Waals surface area contributed by atoms with E-state index >= 15 is 0 Å². The third-order valence-corrected chi connectivity index (χ3v) is 11.5. The number of aromatic nitrogens is 7. The summed E-state index contributed by atoms with van der Waals surface area (Å²) in [5, 5.41) is 35.5. The van der Waals surface area contributed by atoms with E-state index in [2.05, 4.69) is 35.2 Å². The van der Waals surface area contributed by atoms with Crippen molar-refractivity contribution in [3.63, 3.8) is 0 Å². The molecule has 0 amide bonds. The average molecular weight is 645 g/mol. The van der Waals surface area contributed by atoms with Crippen molar-refractivity contribution in [1.82, 2.24) is 39.6 Å². The number of nitrogen functional groups attached to an aromatic ring is 1. The van der Waals surface area contributed by atoms with Gasteiger partial charge in [0.25, 0.3) is 0 Å². The van der Waals surface area contributed by atoms with Crippen molar-refractivity contribution in [3.05, 3.63) is 50.4 Å². The van der Waals surface area contributed by atoms with E-state index in [0.717, 1.165) is 74.8 Å². The molecule has 5 aromatic rings. The number of halogens is 1. The molecule has 2 aliphatic carbocycles. The highest BCUT2D eigenvalue weighted by Gasteiger charge is 2.49. The predicted octanol–water partition coefficient (Wildman–Crippen LogP) is 4.94. The number of aryl methyl sites for hydroxylation is 1. The van der Waals surface area contributed by atoms with Crippen molar-refractivity contribution < 1.29 is 9.63 Å². The summed E-state index contributed by atoms with van der Waals surface area (Å²) < 4.78 is 9.83. The number of nitriles is 1. The largest absolute Gasteiger partial charge is 0.390 e. The Bertz CT molecular complexity index is 2000. The molecule has 3 unspecified atom stereocenters. The lowest BCUT2D eigenvalue weighted by molar-refractivity contribution is 0.232. The summed E-state index contributed by atoms with van der Waals surface area (Å²) in [6.07, 6.45) is 10.9. The van der Waals surface area contributed by atoms with Crippen LogP contribution in [0.15, 0.2) is 16.9 Å². The molecule has 1 spiro atoms. The highest BCUT2D eigenvalue weighted by atomic mass is 35.5. The molecule has 0 saturated carbocycles. The Balaban J connectivity index is 1.32. The summed E-state index contributed by atoms with van der Waals surface area (Å²) in [5.74, 6) is 1.70. The van der Waals surface area contributed by atoms with Crippen LogP contribution < -0.4 is 5.73 Å². The number of aliphatic hydroxyl groups excluding tert-OH is 1. The predicted molar refractivity (Wildman–Crippen MR) is 169 cm³/mol. The molecule has 1 aliphatic heterocycles. The van der Waals surface area contributed by atoms with Gasteiger partial charge >= 0.3 is 0 Å². The first-order valence-corrected chi connectivity index (χ1v) is 16.7. The molecule has 1 fully saturated rings. The molecule has 232 valence electrons. The van der Waals surface area contributed by atoms with Gasteiger partial charge < -0.3 is 20.3 Å². The second-order valence-electron chi connectivity index (χ2n) is 12.5. The molecule has 8 rings (SSSR count). The second kappa shape index (κ2) is 10.6. The van der Waals surface area contributed by atoms with E-state index in [4.69, 9.17) is 36.9 Å². The van der Waals surface area contributed by atoms with E-state index in [1.54, 1.807) is 17.1 Å². The van der Waals surface area contributed by atoms with Gasteiger partial charge in [-0.1, -0.05) is 16.8 Å². The van der Waals surface area contributed by atoms with Crippen molar-refractivity contribution in [2.24, 2.45) is 0 Å². The van der Waals surface area contributed by atoms with Gasteiger partial charge in [0.1, 0.15) is 16.8 Å². The Morgan fingerprint density at radius 3 is 2.82 bits per heavy atom. The van der Waals surface area contributed by atoms with Crippen LogP contribution in [0.1, 0.15) is 84.5 Å². The van der Waals surface area contributed by atoms with Gasteiger partial charge in [-0.05, 0) is 77.4 Å². The maximum absolute atomic E-state index is 10.1. The minimum atomic E-state index is -0.451. The molecule has 14 heteroatoms. The van der Waals surface area contributed by atoms with Crippen LogP contribution in [0.25, 0.3) is 28.4 Å². The summed E-state index contributed by atoms with van der Waals surface area (Å²) in [4.78, 5) is 13.7. The fourth-order valence-electron chi connectivity index (χ4n) is 8.02. The molecule has 12 nitrogen and oxygen atoms in total. The van der Waals surface area contributed by atoms with Crippen LogP contribution in [0.4, 0.5) is 5.00 Å². The monoisotopic (exact) mass is 644 g/mol. The molecular formula is C31H33ClN10O2S. The quantitative estimate of drug-likeness (QED) is 0.268. The Hall–Kier alpha value is -3.83. The van der Waals surface area contributed by atoms with Crippen molar-refractivity contribution in [3.8, 4) is 23.4 Å². The van der Waals surface area contributed by atoms with Gasteiger partial charge in [-0.3, -0.25) is 0 Å². The number of rotatable bonds is 5. The second-order valence-corrected chi connectivity index (χ2v) is 14.1. The standard InChI is InChI=1S/C31H33ClN10O2S/c1-16(22-7-5-11-40(22)2)42-30-19(13-35-42)29(41-14-20(32)21(15-43)38-41)36-28(37-30)25-17-6-3-9-31(26(17)44-39-25)10-4-8-23-24(31)18(12-33)27(34)45-23/h13-14,16,22,43H,3-11,15,34H2,1-2H3. The summed E-state index contributed by atoms with van der Waals surface area (Å²) >= 11 is 7.94. The van der Waals surface area contributed by atoms with Crippen molar-refractivity contribution >= 4 is 39.0 Å². The Morgan fingerprint density at radius 1 is 1.27 bits per heavy atom. The first kappa shape index (κ1) is 28.6. The van der Waals surface area contributed by atoms with Crippen LogP contribution in [0.5, 0.6) is 0 Å². The van der Waals surface area contributed by atoms with Crippen molar-refractivity contribution in [2.45, 2.75) is 82.4 Å². The van der Waals surface area contributed by atoms with Crippen molar-refractivity contribution in [2.75, 3.05) is 19.3 Å². The third-order valence-electron chi connectivity index (χ3n) is 10.1. The minimum Gasteiger partial charge on any atom is -0.390 e. The van der Waals surface area contributed by atoms with E-state index in [-0.39, 0.29) is 12.6 Å². The first-order valence-electron chi connectivity index (χ1n) is 15.5. The lowest BCUT2D eigenvalue weighted by Gasteiger charge is -2.39. The van der Waals surface area contributed by atoms with Gasteiger partial charge in [-0.25, -0.2) is 19.3 Å². The molecule has 6 heterocycles. The fourth-order valence-corrected chi connectivity index (χ4v) is 9.37. The van der Waals surface area contributed by atoms with E-state index in [9.17, 15) is 10.4 Å². The normalized spacial score (nSPS) is 22.2. The number of likely N-dealkylation sites (N-methyl/N-ethyl adjacent to an activating group) is 1. The van der Waals surface area contributed by atoms with Gasteiger partial charge in [0.15, 0.2) is 28.7 Å². The van der Waals surface area contributed by atoms with Crippen LogP contribution in [-0.4, -0.2) is 64.3 Å². The number of likely N-dealkylation sites (tertiary alicyclic amines) is 1. The number of thiophene rings is 1. The lowest BCUT2D eigenvalue weighted by Crippen LogP contribution is -2.35. The number of anilines is 1. The number of fused-ring (bicyclic) bond motifs is 5. The average Bonchev–Trinajstić information content (AvgIpc) is 3.86. The van der Waals surface area contributed by atoms with Gasteiger partial charge in [-0.2, -0.15) is 15.5 Å². The highest BCUT2D eigenvalue weighted by molar-refractivity contribution is 7.16. The molecule has 0 radical (unpaired) electrons. The Kier molecular flexibility index (Phi) is 6.76. The van der Waals surface area contributed by atoms with Crippen LogP contribution in [0, 0.1) is 11.3 Å². The van der Waals surface area contributed by atoms with Crippen LogP contribution in [0.2, 0.25) is 5.02 Å². The van der Waals surface area contributed by atoms with Gasteiger partial charge in [0.05, 0.1) is 46.4 Å². The van der Waals surface area contributed by atoms with Crippen LogP contribution in [-0.2, 0) is 24.9 Å². The van der Waals surface area contributed by atoms with Gasteiger partial charge in [-0.15, -0.1) is 11.3 Å².